The Bertz CT molecular complexity index is 710. The standard InChI is InChI=1S/C15H14Cl2N2O2/c16-11-7-6-9(8-12(11)17)19-13-5-3-1-2-4-10(13)14(18-19)15(20)21/h6-8H,1-5H2,(H,20,21). The molecule has 0 fully saturated rings. The molecule has 0 spiro atoms. The second kappa shape index (κ2) is 5.70. The number of hydrogen-bond donors (Lipinski definition) is 1. The smallest absolute Gasteiger partial charge is 0.356 e. The van der Waals surface area contributed by atoms with E-state index < -0.39 is 5.97 Å². The number of benzene rings is 1. The highest BCUT2D eigenvalue weighted by atomic mass is 35.5. The maximum absolute atomic E-state index is 11.4. The highest BCUT2D eigenvalue weighted by molar-refractivity contribution is 6.42. The minimum atomic E-state index is -0.980. The van der Waals surface area contributed by atoms with Gasteiger partial charge < -0.3 is 5.11 Å². The Morgan fingerprint density at radius 3 is 2.62 bits per heavy atom. The van der Waals surface area contributed by atoms with Crippen LogP contribution in [0.4, 0.5) is 0 Å². The fourth-order valence-electron chi connectivity index (χ4n) is 2.78. The molecule has 0 unspecified atom stereocenters. The summed E-state index contributed by atoms with van der Waals surface area (Å²) in [6, 6.07) is 5.22. The first kappa shape index (κ1) is 14.4. The third kappa shape index (κ3) is 2.65. The number of carboxylic acid groups (broad SMARTS) is 1. The second-order valence-corrected chi connectivity index (χ2v) is 5.96. The lowest BCUT2D eigenvalue weighted by atomic mass is 10.1. The van der Waals surface area contributed by atoms with Gasteiger partial charge in [0.25, 0.3) is 0 Å². The van der Waals surface area contributed by atoms with Gasteiger partial charge in [-0.05, 0) is 43.9 Å². The average Bonchev–Trinajstić information content (AvgIpc) is 2.65. The third-order valence-electron chi connectivity index (χ3n) is 3.78. The Kier molecular flexibility index (Phi) is 3.91. The summed E-state index contributed by atoms with van der Waals surface area (Å²) in [5.74, 6) is -0.980. The molecule has 0 atom stereocenters. The van der Waals surface area contributed by atoms with Crippen LogP contribution in [0.2, 0.25) is 10.0 Å². The van der Waals surface area contributed by atoms with E-state index in [2.05, 4.69) is 5.10 Å². The van der Waals surface area contributed by atoms with Gasteiger partial charge in [-0.2, -0.15) is 5.10 Å². The molecule has 4 nitrogen and oxygen atoms in total. The van der Waals surface area contributed by atoms with Gasteiger partial charge in [0.2, 0.25) is 0 Å². The van der Waals surface area contributed by atoms with Gasteiger partial charge in [0.15, 0.2) is 5.69 Å². The molecular formula is C15H14Cl2N2O2. The highest BCUT2D eigenvalue weighted by Crippen LogP contribution is 2.29. The first-order valence-electron chi connectivity index (χ1n) is 6.87. The van der Waals surface area contributed by atoms with Crippen molar-refractivity contribution in [3.05, 3.63) is 45.2 Å². The number of hydrogen-bond acceptors (Lipinski definition) is 2. The van der Waals surface area contributed by atoms with E-state index in [1.54, 1.807) is 22.9 Å². The summed E-state index contributed by atoms with van der Waals surface area (Å²) in [7, 11) is 0. The molecule has 0 amide bonds. The zero-order valence-electron chi connectivity index (χ0n) is 11.3. The molecule has 0 radical (unpaired) electrons. The highest BCUT2D eigenvalue weighted by Gasteiger charge is 2.24. The molecule has 1 aromatic heterocycles. The maximum Gasteiger partial charge on any atom is 0.356 e. The Balaban J connectivity index is 2.17. The van der Waals surface area contributed by atoms with E-state index in [4.69, 9.17) is 23.2 Å². The van der Waals surface area contributed by atoms with Crippen molar-refractivity contribution in [2.24, 2.45) is 0 Å². The fraction of sp³-hybridized carbons (Fsp3) is 0.333. The van der Waals surface area contributed by atoms with Crippen LogP contribution in [0, 0.1) is 0 Å². The predicted octanol–water partition coefficient (Wildman–Crippen LogP) is 4.15. The minimum absolute atomic E-state index is 0.151. The van der Waals surface area contributed by atoms with Crippen LogP contribution in [-0.4, -0.2) is 20.9 Å². The Hall–Kier alpha value is -1.52. The van der Waals surface area contributed by atoms with E-state index in [9.17, 15) is 9.90 Å². The SMILES string of the molecule is O=C(O)c1nn(-c2ccc(Cl)c(Cl)c2)c2c1CCCCC2. The van der Waals surface area contributed by atoms with Gasteiger partial charge in [-0.3, -0.25) is 0 Å². The largest absolute Gasteiger partial charge is 0.476 e. The first-order chi connectivity index (χ1) is 10.1. The monoisotopic (exact) mass is 324 g/mol. The van der Waals surface area contributed by atoms with Gasteiger partial charge in [-0.1, -0.05) is 29.6 Å². The van der Waals surface area contributed by atoms with Gasteiger partial charge in [0, 0.05) is 11.3 Å². The number of aromatic carboxylic acids is 1. The van der Waals surface area contributed by atoms with Crippen molar-refractivity contribution in [3.8, 4) is 5.69 Å². The number of nitrogens with zero attached hydrogens (tertiary/aromatic N) is 2. The molecule has 110 valence electrons. The number of rotatable bonds is 2. The number of carboxylic acids is 1. The van der Waals surface area contributed by atoms with Crippen LogP contribution >= 0.6 is 23.2 Å². The van der Waals surface area contributed by atoms with Crippen molar-refractivity contribution in [3.63, 3.8) is 0 Å². The van der Waals surface area contributed by atoms with Crippen molar-refractivity contribution in [2.75, 3.05) is 0 Å². The van der Waals surface area contributed by atoms with Crippen molar-refractivity contribution in [1.29, 1.82) is 0 Å². The number of fused-ring (bicyclic) bond motifs is 1. The van der Waals surface area contributed by atoms with E-state index in [1.807, 2.05) is 0 Å². The predicted molar refractivity (Wildman–Crippen MR) is 81.8 cm³/mol. The summed E-state index contributed by atoms with van der Waals surface area (Å²) in [4.78, 5) is 11.4. The fourth-order valence-corrected chi connectivity index (χ4v) is 3.07. The first-order valence-corrected chi connectivity index (χ1v) is 7.63. The lowest BCUT2D eigenvalue weighted by molar-refractivity contribution is 0.0688. The van der Waals surface area contributed by atoms with Crippen molar-refractivity contribution >= 4 is 29.2 Å². The van der Waals surface area contributed by atoms with Crippen molar-refractivity contribution in [2.45, 2.75) is 32.1 Å². The van der Waals surface area contributed by atoms with Gasteiger partial charge in [0.05, 0.1) is 15.7 Å². The lowest BCUT2D eigenvalue weighted by Crippen LogP contribution is -2.04. The summed E-state index contributed by atoms with van der Waals surface area (Å²) in [6.07, 6.45) is 4.74. The van der Waals surface area contributed by atoms with E-state index in [0.717, 1.165) is 49.0 Å². The average molecular weight is 325 g/mol. The summed E-state index contributed by atoms with van der Waals surface area (Å²) in [5, 5.41) is 14.6. The molecular weight excluding hydrogens is 311 g/mol. The zero-order valence-corrected chi connectivity index (χ0v) is 12.8. The topological polar surface area (TPSA) is 55.1 Å². The van der Waals surface area contributed by atoms with Crippen LogP contribution < -0.4 is 0 Å². The van der Waals surface area contributed by atoms with Crippen LogP contribution in [0.3, 0.4) is 0 Å². The van der Waals surface area contributed by atoms with Crippen LogP contribution in [0.15, 0.2) is 18.2 Å². The quantitative estimate of drug-likeness (QED) is 0.844. The minimum Gasteiger partial charge on any atom is -0.476 e. The van der Waals surface area contributed by atoms with E-state index >= 15 is 0 Å². The molecule has 21 heavy (non-hydrogen) atoms. The molecule has 1 aliphatic carbocycles. The zero-order chi connectivity index (χ0) is 15.0. The molecule has 0 saturated carbocycles. The molecule has 1 N–H and O–H groups in total. The van der Waals surface area contributed by atoms with Crippen LogP contribution in [-0.2, 0) is 12.8 Å². The Morgan fingerprint density at radius 1 is 1.14 bits per heavy atom. The molecule has 0 saturated heterocycles. The number of aromatic nitrogens is 2. The van der Waals surface area contributed by atoms with Gasteiger partial charge in [-0.15, -0.1) is 0 Å². The van der Waals surface area contributed by atoms with Crippen LogP contribution in [0.1, 0.15) is 41.0 Å². The molecule has 6 heteroatoms. The summed E-state index contributed by atoms with van der Waals surface area (Å²) in [5.41, 5.74) is 2.72. The number of carbonyl (C=O) groups is 1. The molecule has 1 heterocycles. The lowest BCUT2D eigenvalue weighted by Gasteiger charge is -2.08. The second-order valence-electron chi connectivity index (χ2n) is 5.15. The van der Waals surface area contributed by atoms with Crippen LogP contribution in [0.5, 0.6) is 0 Å². The van der Waals surface area contributed by atoms with Crippen molar-refractivity contribution < 1.29 is 9.90 Å². The molecule has 1 aromatic carbocycles. The molecule has 1 aliphatic rings. The molecule has 3 rings (SSSR count). The van der Waals surface area contributed by atoms with Gasteiger partial charge in [0.1, 0.15) is 0 Å². The molecule has 0 bridgehead atoms. The Morgan fingerprint density at radius 2 is 1.90 bits per heavy atom. The van der Waals surface area contributed by atoms with E-state index in [0.29, 0.717) is 10.0 Å². The summed E-state index contributed by atoms with van der Waals surface area (Å²) in [6.45, 7) is 0. The van der Waals surface area contributed by atoms with E-state index in [-0.39, 0.29) is 5.69 Å². The molecule has 2 aromatic rings. The van der Waals surface area contributed by atoms with Gasteiger partial charge in [-0.25, -0.2) is 9.48 Å². The number of halogens is 2. The Labute approximate surface area is 132 Å². The van der Waals surface area contributed by atoms with Crippen molar-refractivity contribution in [1.82, 2.24) is 9.78 Å². The van der Waals surface area contributed by atoms with Gasteiger partial charge >= 0.3 is 5.97 Å². The van der Waals surface area contributed by atoms with E-state index in [1.165, 1.54) is 0 Å². The van der Waals surface area contributed by atoms with Crippen LogP contribution in [0.25, 0.3) is 5.69 Å². The maximum atomic E-state index is 11.4. The summed E-state index contributed by atoms with van der Waals surface area (Å²) < 4.78 is 1.70. The third-order valence-corrected chi connectivity index (χ3v) is 4.52. The normalized spacial score (nSPS) is 14.6. The summed E-state index contributed by atoms with van der Waals surface area (Å²) >= 11 is 12.0. The molecule has 0 aliphatic heterocycles.